The van der Waals surface area contributed by atoms with Gasteiger partial charge in [-0.3, -0.25) is 0 Å². The number of hydrogen-bond acceptors (Lipinski definition) is 7. The maximum atomic E-state index is 11.3. The highest BCUT2D eigenvalue weighted by Crippen LogP contribution is 2.39. The first-order valence-electron chi connectivity index (χ1n) is 6.58. The van der Waals surface area contributed by atoms with Crippen LogP contribution in [0.4, 0.5) is 0 Å². The topological polar surface area (TPSA) is 102 Å². The highest BCUT2D eigenvalue weighted by molar-refractivity contribution is 7.98. The standard InChI is InChI=1S/C13H14N4O3S/c1-6-10(13(18)19)12(15-7(2)14-6)21-5-9-16-11(20-17-9)8-3-4-8/h8H,3-5H2,1-2H3,(H,18,19). The Morgan fingerprint density at radius 1 is 1.33 bits per heavy atom. The van der Waals surface area contributed by atoms with Gasteiger partial charge in [0, 0.05) is 5.92 Å². The molecule has 1 fully saturated rings. The number of nitrogens with zero attached hydrogens (tertiary/aromatic N) is 4. The molecule has 2 aromatic heterocycles. The van der Waals surface area contributed by atoms with Crippen molar-refractivity contribution < 1.29 is 14.4 Å². The number of rotatable bonds is 5. The van der Waals surface area contributed by atoms with Crippen molar-refractivity contribution in [3.05, 3.63) is 28.8 Å². The van der Waals surface area contributed by atoms with E-state index in [9.17, 15) is 9.90 Å². The van der Waals surface area contributed by atoms with Gasteiger partial charge in [-0.1, -0.05) is 16.9 Å². The van der Waals surface area contributed by atoms with Crippen molar-refractivity contribution in [3.8, 4) is 0 Å². The van der Waals surface area contributed by atoms with Gasteiger partial charge in [-0.2, -0.15) is 4.98 Å². The van der Waals surface area contributed by atoms with Crippen LogP contribution in [0.2, 0.25) is 0 Å². The number of aromatic nitrogens is 4. The zero-order valence-corrected chi connectivity index (χ0v) is 12.5. The molecule has 0 bridgehead atoms. The average molecular weight is 306 g/mol. The van der Waals surface area contributed by atoms with Crippen LogP contribution in [-0.4, -0.2) is 31.2 Å². The Hall–Kier alpha value is -1.96. The van der Waals surface area contributed by atoms with Gasteiger partial charge in [-0.05, 0) is 26.7 Å². The van der Waals surface area contributed by atoms with Gasteiger partial charge >= 0.3 is 5.97 Å². The van der Waals surface area contributed by atoms with Gasteiger partial charge in [-0.15, -0.1) is 0 Å². The second-order valence-electron chi connectivity index (χ2n) is 4.95. The lowest BCUT2D eigenvalue weighted by molar-refractivity contribution is 0.0690. The van der Waals surface area contributed by atoms with E-state index in [0.717, 1.165) is 12.8 Å². The van der Waals surface area contributed by atoms with Gasteiger partial charge in [0.2, 0.25) is 5.89 Å². The van der Waals surface area contributed by atoms with Crippen LogP contribution >= 0.6 is 11.8 Å². The molecule has 0 radical (unpaired) electrons. The molecule has 2 aromatic rings. The van der Waals surface area contributed by atoms with E-state index in [4.69, 9.17) is 4.52 Å². The molecule has 3 rings (SSSR count). The summed E-state index contributed by atoms with van der Waals surface area (Å²) in [5.74, 6) is 1.60. The molecule has 0 aliphatic heterocycles. The number of carboxylic acids is 1. The van der Waals surface area contributed by atoms with Crippen molar-refractivity contribution in [2.45, 2.75) is 43.4 Å². The summed E-state index contributed by atoms with van der Waals surface area (Å²) in [7, 11) is 0. The third-order valence-corrected chi connectivity index (χ3v) is 4.10. The second kappa shape index (κ2) is 5.44. The number of carbonyl (C=O) groups is 1. The monoisotopic (exact) mass is 306 g/mol. The van der Waals surface area contributed by atoms with Crippen molar-refractivity contribution in [2.24, 2.45) is 0 Å². The first-order chi connectivity index (χ1) is 10.0. The Balaban J connectivity index is 1.78. The minimum absolute atomic E-state index is 0.136. The number of aromatic carboxylic acids is 1. The van der Waals surface area contributed by atoms with E-state index in [1.165, 1.54) is 11.8 Å². The van der Waals surface area contributed by atoms with Crippen LogP contribution in [0.3, 0.4) is 0 Å². The third-order valence-electron chi connectivity index (χ3n) is 3.13. The fourth-order valence-electron chi connectivity index (χ4n) is 1.99. The fraction of sp³-hybridized carbons (Fsp3) is 0.462. The lowest BCUT2D eigenvalue weighted by Crippen LogP contribution is -2.08. The molecule has 8 heteroatoms. The molecule has 0 amide bonds. The van der Waals surface area contributed by atoms with Crippen LogP contribution in [0.1, 0.15) is 52.4 Å². The zero-order chi connectivity index (χ0) is 15.0. The molecule has 21 heavy (non-hydrogen) atoms. The SMILES string of the molecule is Cc1nc(C)c(C(=O)O)c(SCc2noc(C3CC3)n2)n1. The number of hydrogen-bond donors (Lipinski definition) is 1. The molecule has 0 spiro atoms. The second-order valence-corrected chi connectivity index (χ2v) is 5.92. The summed E-state index contributed by atoms with van der Waals surface area (Å²) in [6.07, 6.45) is 2.20. The van der Waals surface area contributed by atoms with Gasteiger partial charge in [0.25, 0.3) is 0 Å². The summed E-state index contributed by atoms with van der Waals surface area (Å²) in [6.45, 7) is 3.41. The van der Waals surface area contributed by atoms with Crippen LogP contribution in [0.25, 0.3) is 0 Å². The smallest absolute Gasteiger partial charge is 0.340 e. The van der Waals surface area contributed by atoms with Gasteiger partial charge in [0.15, 0.2) is 5.82 Å². The van der Waals surface area contributed by atoms with E-state index in [0.29, 0.717) is 39.9 Å². The average Bonchev–Trinajstić information content (AvgIpc) is 3.14. The summed E-state index contributed by atoms with van der Waals surface area (Å²) in [4.78, 5) is 23.9. The number of thioether (sulfide) groups is 1. The summed E-state index contributed by atoms with van der Waals surface area (Å²) in [5.41, 5.74) is 0.598. The Bertz CT molecular complexity index is 697. The Morgan fingerprint density at radius 3 is 2.76 bits per heavy atom. The molecular formula is C13H14N4O3S. The first kappa shape index (κ1) is 14.0. The van der Waals surface area contributed by atoms with E-state index >= 15 is 0 Å². The normalized spacial score (nSPS) is 14.4. The predicted octanol–water partition coefficient (Wildman–Crippen LogP) is 2.34. The lowest BCUT2D eigenvalue weighted by atomic mass is 10.2. The maximum absolute atomic E-state index is 11.3. The van der Waals surface area contributed by atoms with Crippen molar-refractivity contribution >= 4 is 17.7 Å². The largest absolute Gasteiger partial charge is 0.478 e. The van der Waals surface area contributed by atoms with Crippen LogP contribution in [0.15, 0.2) is 9.55 Å². The summed E-state index contributed by atoms with van der Waals surface area (Å²) in [6, 6.07) is 0. The Kier molecular flexibility index (Phi) is 3.62. The molecule has 0 atom stereocenters. The summed E-state index contributed by atoms with van der Waals surface area (Å²) >= 11 is 1.29. The van der Waals surface area contributed by atoms with Crippen molar-refractivity contribution in [2.75, 3.05) is 0 Å². The highest BCUT2D eigenvalue weighted by Gasteiger charge is 2.29. The third kappa shape index (κ3) is 3.05. The van der Waals surface area contributed by atoms with E-state index in [1.54, 1.807) is 13.8 Å². The van der Waals surface area contributed by atoms with Crippen molar-refractivity contribution in [1.29, 1.82) is 0 Å². The molecule has 0 saturated heterocycles. The molecule has 0 unspecified atom stereocenters. The van der Waals surface area contributed by atoms with Crippen LogP contribution < -0.4 is 0 Å². The molecular weight excluding hydrogens is 292 g/mol. The van der Waals surface area contributed by atoms with E-state index < -0.39 is 5.97 Å². The van der Waals surface area contributed by atoms with Gasteiger partial charge < -0.3 is 9.63 Å². The Morgan fingerprint density at radius 2 is 2.10 bits per heavy atom. The molecule has 7 nitrogen and oxygen atoms in total. The van der Waals surface area contributed by atoms with Crippen LogP contribution in [0.5, 0.6) is 0 Å². The minimum atomic E-state index is -1.03. The summed E-state index contributed by atoms with van der Waals surface area (Å²) < 4.78 is 5.18. The van der Waals surface area contributed by atoms with Crippen molar-refractivity contribution in [1.82, 2.24) is 20.1 Å². The maximum Gasteiger partial charge on any atom is 0.340 e. The molecule has 0 aromatic carbocycles. The van der Waals surface area contributed by atoms with Gasteiger partial charge in [0.05, 0.1) is 11.4 Å². The lowest BCUT2D eigenvalue weighted by Gasteiger charge is -2.07. The van der Waals surface area contributed by atoms with Crippen molar-refractivity contribution in [3.63, 3.8) is 0 Å². The number of carboxylic acid groups (broad SMARTS) is 1. The quantitative estimate of drug-likeness (QED) is 0.663. The predicted molar refractivity (Wildman–Crippen MR) is 74.3 cm³/mol. The van der Waals surface area contributed by atoms with E-state index in [1.807, 2.05) is 0 Å². The molecule has 110 valence electrons. The first-order valence-corrected chi connectivity index (χ1v) is 7.57. The Labute approximate surface area is 125 Å². The van der Waals surface area contributed by atoms with Crippen LogP contribution in [-0.2, 0) is 5.75 Å². The molecule has 1 N–H and O–H groups in total. The van der Waals surface area contributed by atoms with Gasteiger partial charge in [-0.25, -0.2) is 14.8 Å². The van der Waals surface area contributed by atoms with Crippen LogP contribution in [0, 0.1) is 13.8 Å². The molecule has 1 aliphatic rings. The molecule has 1 aliphatic carbocycles. The fourth-order valence-corrected chi connectivity index (χ4v) is 2.95. The number of aryl methyl sites for hydroxylation is 2. The zero-order valence-electron chi connectivity index (χ0n) is 11.7. The minimum Gasteiger partial charge on any atom is -0.478 e. The highest BCUT2D eigenvalue weighted by atomic mass is 32.2. The summed E-state index contributed by atoms with van der Waals surface area (Å²) in [5, 5.41) is 13.6. The van der Waals surface area contributed by atoms with Gasteiger partial charge in [0.1, 0.15) is 16.4 Å². The van der Waals surface area contributed by atoms with E-state index in [-0.39, 0.29) is 5.56 Å². The van der Waals surface area contributed by atoms with E-state index in [2.05, 4.69) is 20.1 Å². The molecule has 1 saturated carbocycles. The molecule has 2 heterocycles.